The first-order chi connectivity index (χ1) is 19.7. The van der Waals surface area contributed by atoms with Crippen LogP contribution in [0.3, 0.4) is 0 Å². The molecule has 3 aromatic carbocycles. The molecule has 5 rings (SSSR count). The fraction of sp³-hybridized carbons (Fsp3) is 0.233. The molecule has 0 aliphatic heterocycles. The molecule has 2 aromatic heterocycles. The molecule has 0 aliphatic rings. The molecule has 2 heterocycles. The van der Waals surface area contributed by atoms with Gasteiger partial charge in [-0.1, -0.05) is 24.3 Å². The standard InChI is InChI=1S/C30H33N7O3S/c1-36(28-14-16-31-29(35-28)33-23-7-5-6-21(18-23)15-17-41(4,38)39)24-10-13-27-26(19-24)34-30(37(27)2)32-20-22-8-11-25(40-3)12-9-22/h5-14,16,18-19H,15,17,20H2,1-4H3,(H,32,34)(H,31,33,35). The molecule has 0 fully saturated rings. The maximum absolute atomic E-state index is 11.5. The van der Waals surface area contributed by atoms with Crippen LogP contribution in [0.1, 0.15) is 11.1 Å². The number of aryl methyl sites for hydroxylation is 2. The van der Waals surface area contributed by atoms with E-state index in [1.165, 1.54) is 6.26 Å². The Morgan fingerprint density at radius 1 is 0.976 bits per heavy atom. The molecule has 0 radical (unpaired) electrons. The number of aromatic nitrogens is 4. The number of ether oxygens (including phenoxy) is 1. The zero-order valence-electron chi connectivity index (χ0n) is 23.5. The van der Waals surface area contributed by atoms with Gasteiger partial charge in [-0.3, -0.25) is 0 Å². The maximum atomic E-state index is 11.5. The third-order valence-electron chi connectivity index (χ3n) is 6.79. The minimum Gasteiger partial charge on any atom is -0.497 e. The van der Waals surface area contributed by atoms with Crippen molar-refractivity contribution in [2.24, 2.45) is 7.05 Å². The maximum Gasteiger partial charge on any atom is 0.229 e. The van der Waals surface area contributed by atoms with E-state index in [0.717, 1.165) is 45.2 Å². The predicted octanol–water partition coefficient (Wildman–Crippen LogP) is 5.08. The summed E-state index contributed by atoms with van der Waals surface area (Å²) in [5.41, 5.74) is 5.67. The van der Waals surface area contributed by atoms with Gasteiger partial charge in [-0.2, -0.15) is 4.98 Å². The number of benzene rings is 3. The average molecular weight is 572 g/mol. The lowest BCUT2D eigenvalue weighted by atomic mass is 10.1. The Balaban J connectivity index is 1.29. The Kier molecular flexibility index (Phi) is 8.06. The highest BCUT2D eigenvalue weighted by molar-refractivity contribution is 7.90. The van der Waals surface area contributed by atoms with Gasteiger partial charge >= 0.3 is 0 Å². The molecule has 0 saturated heterocycles. The van der Waals surface area contributed by atoms with E-state index in [4.69, 9.17) is 14.7 Å². The van der Waals surface area contributed by atoms with Crippen LogP contribution in [-0.2, 0) is 29.9 Å². The highest BCUT2D eigenvalue weighted by atomic mass is 32.2. The van der Waals surface area contributed by atoms with Gasteiger partial charge in [0, 0.05) is 44.5 Å². The number of hydrogen-bond acceptors (Lipinski definition) is 9. The van der Waals surface area contributed by atoms with E-state index in [9.17, 15) is 8.42 Å². The van der Waals surface area contributed by atoms with Crippen molar-refractivity contribution in [1.82, 2.24) is 19.5 Å². The fourth-order valence-electron chi connectivity index (χ4n) is 4.44. The highest BCUT2D eigenvalue weighted by Gasteiger charge is 2.13. The lowest BCUT2D eigenvalue weighted by Gasteiger charge is -2.19. The summed E-state index contributed by atoms with van der Waals surface area (Å²) in [6.07, 6.45) is 3.40. The van der Waals surface area contributed by atoms with Gasteiger partial charge in [-0.15, -0.1) is 0 Å². The molecule has 11 heteroatoms. The summed E-state index contributed by atoms with van der Waals surface area (Å²) >= 11 is 0. The van der Waals surface area contributed by atoms with Crippen LogP contribution in [0, 0.1) is 0 Å². The van der Waals surface area contributed by atoms with E-state index in [2.05, 4.69) is 21.7 Å². The Labute approximate surface area is 240 Å². The first-order valence-corrected chi connectivity index (χ1v) is 15.2. The molecule has 0 bridgehead atoms. The SMILES string of the molecule is COc1ccc(CNc2nc3cc(N(C)c4ccnc(Nc5cccc(CCS(C)(=O)=O)c5)n4)ccc3n2C)cc1. The Morgan fingerprint density at radius 3 is 2.54 bits per heavy atom. The molecular weight excluding hydrogens is 538 g/mol. The molecule has 41 heavy (non-hydrogen) atoms. The summed E-state index contributed by atoms with van der Waals surface area (Å²) in [6, 6.07) is 23.5. The van der Waals surface area contributed by atoms with Gasteiger partial charge in [0.25, 0.3) is 0 Å². The van der Waals surface area contributed by atoms with Gasteiger partial charge in [0.05, 0.1) is 23.9 Å². The number of hydrogen-bond donors (Lipinski definition) is 2. The molecule has 0 aliphatic carbocycles. The molecule has 2 N–H and O–H groups in total. The van der Waals surface area contributed by atoms with Crippen LogP contribution in [-0.4, -0.2) is 54.1 Å². The normalized spacial score (nSPS) is 11.4. The smallest absolute Gasteiger partial charge is 0.229 e. The Hall–Kier alpha value is -4.64. The van der Waals surface area contributed by atoms with E-state index in [1.54, 1.807) is 13.3 Å². The summed E-state index contributed by atoms with van der Waals surface area (Å²) in [4.78, 5) is 15.9. The minimum absolute atomic E-state index is 0.105. The van der Waals surface area contributed by atoms with Crippen molar-refractivity contribution < 1.29 is 13.2 Å². The van der Waals surface area contributed by atoms with E-state index in [1.807, 2.05) is 90.3 Å². The topological polar surface area (TPSA) is 114 Å². The first-order valence-electron chi connectivity index (χ1n) is 13.1. The first kappa shape index (κ1) is 27.9. The van der Waals surface area contributed by atoms with Crippen molar-refractivity contribution in [2.75, 3.05) is 41.7 Å². The van der Waals surface area contributed by atoms with E-state index in [0.29, 0.717) is 24.7 Å². The van der Waals surface area contributed by atoms with Crippen LogP contribution >= 0.6 is 0 Å². The van der Waals surface area contributed by atoms with Gasteiger partial charge in [0.15, 0.2) is 0 Å². The van der Waals surface area contributed by atoms with Crippen LogP contribution in [0.5, 0.6) is 5.75 Å². The Bertz CT molecular complexity index is 1770. The second-order valence-electron chi connectivity index (χ2n) is 9.87. The van der Waals surface area contributed by atoms with Crippen molar-refractivity contribution in [3.05, 3.63) is 90.1 Å². The van der Waals surface area contributed by atoms with Gasteiger partial charge < -0.3 is 24.8 Å². The van der Waals surface area contributed by atoms with Crippen molar-refractivity contribution >= 4 is 50.0 Å². The summed E-state index contributed by atoms with van der Waals surface area (Å²) in [6.45, 7) is 0.644. The number of anilines is 5. The largest absolute Gasteiger partial charge is 0.497 e. The van der Waals surface area contributed by atoms with E-state index in [-0.39, 0.29) is 5.75 Å². The van der Waals surface area contributed by atoms with Gasteiger partial charge in [-0.25, -0.2) is 18.4 Å². The molecule has 0 spiro atoms. The summed E-state index contributed by atoms with van der Waals surface area (Å²) in [5.74, 6) is 2.87. The second-order valence-corrected chi connectivity index (χ2v) is 12.1. The van der Waals surface area contributed by atoms with Crippen molar-refractivity contribution in [3.8, 4) is 5.75 Å². The van der Waals surface area contributed by atoms with Crippen LogP contribution in [0.15, 0.2) is 79.0 Å². The number of nitrogens with one attached hydrogen (secondary N) is 2. The van der Waals surface area contributed by atoms with Gasteiger partial charge in [0.2, 0.25) is 11.9 Å². The molecule has 0 saturated carbocycles. The fourth-order valence-corrected chi connectivity index (χ4v) is 5.05. The van der Waals surface area contributed by atoms with Crippen LogP contribution in [0.25, 0.3) is 11.0 Å². The summed E-state index contributed by atoms with van der Waals surface area (Å²) in [5, 5.41) is 6.66. The predicted molar refractivity (Wildman–Crippen MR) is 164 cm³/mol. The molecule has 0 atom stereocenters. The lowest BCUT2D eigenvalue weighted by Crippen LogP contribution is -2.12. The zero-order valence-corrected chi connectivity index (χ0v) is 24.3. The molecule has 5 aromatic rings. The highest BCUT2D eigenvalue weighted by Crippen LogP contribution is 2.28. The second kappa shape index (κ2) is 11.8. The third kappa shape index (κ3) is 6.93. The Morgan fingerprint density at radius 2 is 1.78 bits per heavy atom. The van der Waals surface area contributed by atoms with Crippen LogP contribution in [0.2, 0.25) is 0 Å². The molecule has 0 amide bonds. The van der Waals surface area contributed by atoms with Crippen molar-refractivity contribution in [3.63, 3.8) is 0 Å². The number of methoxy groups -OCH3 is 1. The quantitative estimate of drug-likeness (QED) is 0.224. The van der Waals surface area contributed by atoms with Crippen LogP contribution in [0.4, 0.5) is 29.1 Å². The number of sulfone groups is 1. The van der Waals surface area contributed by atoms with Gasteiger partial charge in [-0.05, 0) is 66.1 Å². The van der Waals surface area contributed by atoms with Crippen molar-refractivity contribution in [1.29, 1.82) is 0 Å². The summed E-state index contributed by atoms with van der Waals surface area (Å²) < 4.78 is 30.4. The zero-order chi connectivity index (χ0) is 29.0. The van der Waals surface area contributed by atoms with Crippen molar-refractivity contribution in [2.45, 2.75) is 13.0 Å². The third-order valence-corrected chi connectivity index (χ3v) is 7.74. The lowest BCUT2D eigenvalue weighted by molar-refractivity contribution is 0.414. The molecule has 10 nitrogen and oxygen atoms in total. The average Bonchev–Trinajstić information content (AvgIpc) is 3.29. The number of nitrogens with zero attached hydrogens (tertiary/aromatic N) is 5. The number of rotatable bonds is 11. The molecular formula is C30H33N7O3S. The summed E-state index contributed by atoms with van der Waals surface area (Å²) in [7, 11) is 2.57. The van der Waals surface area contributed by atoms with E-state index < -0.39 is 9.84 Å². The number of fused-ring (bicyclic) bond motifs is 1. The van der Waals surface area contributed by atoms with Gasteiger partial charge in [0.1, 0.15) is 21.4 Å². The monoisotopic (exact) mass is 571 g/mol. The van der Waals surface area contributed by atoms with Crippen LogP contribution < -0.4 is 20.3 Å². The van der Waals surface area contributed by atoms with E-state index >= 15 is 0 Å². The minimum atomic E-state index is -3.03. The molecule has 212 valence electrons. The molecule has 0 unspecified atom stereocenters. The number of imidazole rings is 1.